The Morgan fingerprint density at radius 1 is 1.50 bits per heavy atom. The predicted molar refractivity (Wildman–Crippen MR) is 30.0 cm³/mol. The zero-order valence-electron chi connectivity index (χ0n) is 5.00. The van der Waals surface area contributed by atoms with Gasteiger partial charge in [-0.3, -0.25) is 4.79 Å². The molecule has 0 aromatic rings. The highest BCUT2D eigenvalue weighted by Gasteiger charge is 1.72. The van der Waals surface area contributed by atoms with E-state index in [-0.39, 0.29) is 0 Å². The summed E-state index contributed by atoms with van der Waals surface area (Å²) in [5, 5.41) is 0. The summed E-state index contributed by atoms with van der Waals surface area (Å²) in [6, 6.07) is 0. The van der Waals surface area contributed by atoms with Crippen LogP contribution in [-0.2, 0) is 9.53 Å². The van der Waals surface area contributed by atoms with E-state index in [0.717, 1.165) is 0 Å². The van der Waals surface area contributed by atoms with Crippen LogP contribution in [0.5, 0.6) is 0 Å². The first kappa shape index (κ1) is 7.01. The van der Waals surface area contributed by atoms with Gasteiger partial charge >= 0.3 is 0 Å². The molecule has 0 unspecified atom stereocenters. The van der Waals surface area contributed by atoms with Gasteiger partial charge in [-0.05, 0) is 0 Å². The van der Waals surface area contributed by atoms with Crippen molar-refractivity contribution >= 4 is 6.47 Å². The SMILES string of the molecule is CN(C)/C=C\OC=O. The molecule has 3 heteroatoms. The number of hydrogen-bond donors (Lipinski definition) is 0. The molecule has 0 aliphatic rings. The van der Waals surface area contributed by atoms with Crippen LogP contribution in [0.4, 0.5) is 0 Å². The third kappa shape index (κ3) is 5.01. The van der Waals surface area contributed by atoms with Crippen molar-refractivity contribution in [3.63, 3.8) is 0 Å². The quantitative estimate of drug-likeness (QED) is 0.388. The monoisotopic (exact) mass is 115 g/mol. The fraction of sp³-hybridized carbons (Fsp3) is 0.400. The fourth-order valence-electron chi connectivity index (χ4n) is 0.189. The molecule has 0 saturated carbocycles. The smallest absolute Gasteiger partial charge is 0.297 e. The summed E-state index contributed by atoms with van der Waals surface area (Å²) in [7, 11) is 3.68. The predicted octanol–water partition coefficient (Wildman–Crippen LogP) is 0.192. The van der Waals surface area contributed by atoms with E-state index in [2.05, 4.69) is 4.74 Å². The third-order valence-corrected chi connectivity index (χ3v) is 0.493. The van der Waals surface area contributed by atoms with Crippen LogP contribution in [0.3, 0.4) is 0 Å². The topological polar surface area (TPSA) is 29.5 Å². The summed E-state index contributed by atoms with van der Waals surface area (Å²) in [6.07, 6.45) is 2.95. The van der Waals surface area contributed by atoms with E-state index in [1.54, 1.807) is 11.1 Å². The van der Waals surface area contributed by atoms with Crippen molar-refractivity contribution in [1.29, 1.82) is 0 Å². The van der Waals surface area contributed by atoms with Crippen LogP contribution in [0, 0.1) is 0 Å². The van der Waals surface area contributed by atoms with Gasteiger partial charge in [0.2, 0.25) is 0 Å². The molecular weight excluding hydrogens is 106 g/mol. The first-order valence-corrected chi connectivity index (χ1v) is 2.19. The third-order valence-electron chi connectivity index (χ3n) is 0.493. The van der Waals surface area contributed by atoms with E-state index in [1.807, 2.05) is 14.1 Å². The molecule has 0 saturated heterocycles. The van der Waals surface area contributed by atoms with E-state index < -0.39 is 0 Å². The van der Waals surface area contributed by atoms with Gasteiger partial charge in [0.15, 0.2) is 0 Å². The van der Waals surface area contributed by atoms with Gasteiger partial charge in [-0.25, -0.2) is 0 Å². The Morgan fingerprint density at radius 3 is 2.50 bits per heavy atom. The van der Waals surface area contributed by atoms with Gasteiger partial charge in [-0.2, -0.15) is 0 Å². The highest BCUT2D eigenvalue weighted by Crippen LogP contribution is 1.75. The molecular formula is C5H9NO2. The molecule has 0 aliphatic carbocycles. The fourth-order valence-corrected chi connectivity index (χ4v) is 0.189. The molecule has 3 nitrogen and oxygen atoms in total. The normalized spacial score (nSPS) is 9.25. The van der Waals surface area contributed by atoms with E-state index in [9.17, 15) is 4.79 Å². The standard InChI is InChI=1S/C5H9NO2/c1-6(2)3-4-8-5-7/h3-5H,1-2H3/b4-3-. The lowest BCUT2D eigenvalue weighted by molar-refractivity contribution is -0.123. The summed E-state index contributed by atoms with van der Waals surface area (Å²) < 4.78 is 4.24. The van der Waals surface area contributed by atoms with E-state index in [4.69, 9.17) is 0 Å². The lowest BCUT2D eigenvalue weighted by Gasteiger charge is -2.00. The van der Waals surface area contributed by atoms with Crippen molar-refractivity contribution in [3.8, 4) is 0 Å². The molecule has 0 aromatic heterocycles. The van der Waals surface area contributed by atoms with Crippen LogP contribution in [-0.4, -0.2) is 25.5 Å². The van der Waals surface area contributed by atoms with Crippen LogP contribution in [0.15, 0.2) is 12.5 Å². The van der Waals surface area contributed by atoms with Gasteiger partial charge in [-0.15, -0.1) is 0 Å². The largest absolute Gasteiger partial charge is 0.435 e. The Hall–Kier alpha value is -0.990. The van der Waals surface area contributed by atoms with Crippen molar-refractivity contribution in [2.45, 2.75) is 0 Å². The molecule has 8 heavy (non-hydrogen) atoms. The number of ether oxygens (including phenoxy) is 1. The van der Waals surface area contributed by atoms with E-state index in [1.165, 1.54) is 6.26 Å². The number of hydrogen-bond acceptors (Lipinski definition) is 3. The highest BCUT2D eigenvalue weighted by molar-refractivity contribution is 5.38. The first-order chi connectivity index (χ1) is 3.77. The van der Waals surface area contributed by atoms with Gasteiger partial charge in [0.05, 0.1) is 0 Å². The van der Waals surface area contributed by atoms with Crippen LogP contribution >= 0.6 is 0 Å². The minimum absolute atomic E-state index is 0.375. The number of nitrogens with zero attached hydrogens (tertiary/aromatic N) is 1. The Balaban J connectivity index is 3.19. The molecule has 0 fully saturated rings. The second-order valence-electron chi connectivity index (χ2n) is 1.48. The minimum Gasteiger partial charge on any atom is -0.435 e. The van der Waals surface area contributed by atoms with E-state index in [0.29, 0.717) is 6.47 Å². The van der Waals surface area contributed by atoms with Crippen molar-refractivity contribution in [2.75, 3.05) is 14.1 Å². The molecule has 0 N–H and O–H groups in total. The first-order valence-electron chi connectivity index (χ1n) is 2.19. The van der Waals surface area contributed by atoms with Gasteiger partial charge in [0, 0.05) is 20.3 Å². The van der Waals surface area contributed by atoms with Crippen molar-refractivity contribution < 1.29 is 9.53 Å². The van der Waals surface area contributed by atoms with Crippen molar-refractivity contribution in [3.05, 3.63) is 12.5 Å². The van der Waals surface area contributed by atoms with Crippen LogP contribution < -0.4 is 0 Å². The number of rotatable bonds is 3. The van der Waals surface area contributed by atoms with Crippen LogP contribution in [0.25, 0.3) is 0 Å². The average molecular weight is 115 g/mol. The highest BCUT2D eigenvalue weighted by atomic mass is 16.5. The zero-order valence-corrected chi connectivity index (χ0v) is 5.00. The maximum absolute atomic E-state index is 9.49. The van der Waals surface area contributed by atoms with Gasteiger partial charge in [-0.1, -0.05) is 0 Å². The van der Waals surface area contributed by atoms with Gasteiger partial charge in [0.1, 0.15) is 6.26 Å². The molecule has 0 amide bonds. The molecule has 0 atom stereocenters. The number of carbonyl (C=O) groups excluding carboxylic acids is 1. The van der Waals surface area contributed by atoms with Crippen molar-refractivity contribution in [1.82, 2.24) is 4.90 Å². The summed E-state index contributed by atoms with van der Waals surface area (Å²) in [6.45, 7) is 0.375. The Kier molecular flexibility index (Phi) is 3.66. The minimum atomic E-state index is 0.375. The van der Waals surface area contributed by atoms with Crippen molar-refractivity contribution in [2.24, 2.45) is 0 Å². The second-order valence-corrected chi connectivity index (χ2v) is 1.48. The van der Waals surface area contributed by atoms with Gasteiger partial charge < -0.3 is 9.64 Å². The average Bonchev–Trinajstić information content (AvgIpc) is 1.66. The maximum Gasteiger partial charge on any atom is 0.297 e. The summed E-state index contributed by atoms with van der Waals surface area (Å²) in [5.41, 5.74) is 0. The Morgan fingerprint density at radius 2 is 2.12 bits per heavy atom. The molecule has 0 spiro atoms. The maximum atomic E-state index is 9.49. The zero-order chi connectivity index (χ0) is 6.41. The second kappa shape index (κ2) is 4.18. The van der Waals surface area contributed by atoms with Crippen LogP contribution in [0.1, 0.15) is 0 Å². The molecule has 0 heterocycles. The number of carbonyl (C=O) groups is 1. The van der Waals surface area contributed by atoms with Crippen LogP contribution in [0.2, 0.25) is 0 Å². The Labute approximate surface area is 48.5 Å². The summed E-state index contributed by atoms with van der Waals surface area (Å²) in [5.74, 6) is 0. The van der Waals surface area contributed by atoms with Gasteiger partial charge in [0.25, 0.3) is 6.47 Å². The molecule has 0 radical (unpaired) electrons. The molecule has 0 aromatic carbocycles. The lowest BCUT2D eigenvalue weighted by Crippen LogP contribution is -2.00. The van der Waals surface area contributed by atoms with E-state index >= 15 is 0 Å². The molecule has 46 valence electrons. The molecule has 0 bridgehead atoms. The summed E-state index contributed by atoms with van der Waals surface area (Å²) >= 11 is 0. The lowest BCUT2D eigenvalue weighted by atomic mass is 10.8. The summed E-state index contributed by atoms with van der Waals surface area (Å²) in [4.78, 5) is 11.3. The Bertz CT molecular complexity index is 88.4. The molecule has 0 aliphatic heterocycles. The molecule has 0 rings (SSSR count).